The predicted molar refractivity (Wildman–Crippen MR) is 73.8 cm³/mol. The van der Waals surface area contributed by atoms with Gasteiger partial charge in [0.1, 0.15) is 6.54 Å². The van der Waals surface area contributed by atoms with Crippen LogP contribution in [-0.4, -0.2) is 45.2 Å². The molecule has 0 bridgehead atoms. The van der Waals surface area contributed by atoms with Gasteiger partial charge in [-0.15, -0.1) is 0 Å². The van der Waals surface area contributed by atoms with Crippen LogP contribution in [0.25, 0.3) is 0 Å². The molecule has 0 spiro atoms. The van der Waals surface area contributed by atoms with Crippen LogP contribution in [0.3, 0.4) is 0 Å². The van der Waals surface area contributed by atoms with Crippen molar-refractivity contribution in [3.05, 3.63) is 48.5 Å². The zero-order valence-electron chi connectivity index (χ0n) is 11.1. The minimum Gasteiger partial charge on any atom is -0.331 e. The lowest BCUT2D eigenvalue weighted by Crippen LogP contribution is -2.49. The molecule has 6 heteroatoms. The summed E-state index contributed by atoms with van der Waals surface area (Å²) in [6.45, 7) is 2.57. The van der Waals surface area contributed by atoms with Gasteiger partial charge >= 0.3 is 0 Å². The molecule has 1 fully saturated rings. The maximum atomic E-state index is 12.5. The van der Waals surface area contributed by atoms with Crippen molar-refractivity contribution in [2.45, 2.75) is 12.6 Å². The molecule has 0 aromatic carbocycles. The second-order valence-electron chi connectivity index (χ2n) is 4.80. The van der Waals surface area contributed by atoms with Crippen LogP contribution >= 0.6 is 0 Å². The largest absolute Gasteiger partial charge is 0.331 e. The number of hydrogen-bond acceptors (Lipinski definition) is 4. The Balaban J connectivity index is 1.77. The fourth-order valence-electron chi connectivity index (χ4n) is 2.50. The van der Waals surface area contributed by atoms with Gasteiger partial charge in [-0.05, 0) is 17.7 Å². The highest BCUT2D eigenvalue weighted by atomic mass is 16.2. The van der Waals surface area contributed by atoms with Crippen LogP contribution in [0.4, 0.5) is 0 Å². The molecule has 2 aromatic rings. The van der Waals surface area contributed by atoms with Gasteiger partial charge in [-0.3, -0.25) is 14.5 Å². The molecule has 3 heterocycles. The third kappa shape index (κ3) is 2.70. The summed E-state index contributed by atoms with van der Waals surface area (Å²) >= 11 is 0. The highest BCUT2D eigenvalue weighted by Crippen LogP contribution is 2.21. The molecule has 0 aliphatic carbocycles. The Morgan fingerprint density at radius 1 is 1.40 bits per heavy atom. The van der Waals surface area contributed by atoms with Gasteiger partial charge in [-0.25, -0.2) is 0 Å². The number of amides is 1. The number of carbonyl (C=O) groups excluding carboxylic acids is 1. The smallest absolute Gasteiger partial charge is 0.244 e. The zero-order chi connectivity index (χ0) is 13.8. The summed E-state index contributed by atoms with van der Waals surface area (Å²) in [7, 11) is 0. The SMILES string of the molecule is O=C(Cn1cccn1)N1CCNCC1c1cccnc1. The minimum atomic E-state index is 0.0421. The molecule has 1 unspecified atom stereocenters. The summed E-state index contributed by atoms with van der Waals surface area (Å²) in [5.41, 5.74) is 1.06. The third-order valence-electron chi connectivity index (χ3n) is 3.49. The Hall–Kier alpha value is -2.21. The highest BCUT2D eigenvalue weighted by molar-refractivity contribution is 5.76. The molecule has 3 rings (SSSR count). The van der Waals surface area contributed by atoms with E-state index in [-0.39, 0.29) is 18.5 Å². The van der Waals surface area contributed by atoms with E-state index in [4.69, 9.17) is 0 Å². The Morgan fingerprint density at radius 2 is 2.35 bits per heavy atom. The van der Waals surface area contributed by atoms with E-state index in [1.54, 1.807) is 23.3 Å². The van der Waals surface area contributed by atoms with Gasteiger partial charge in [0, 0.05) is 44.4 Å². The third-order valence-corrected chi connectivity index (χ3v) is 3.49. The van der Waals surface area contributed by atoms with E-state index in [1.165, 1.54) is 0 Å². The summed E-state index contributed by atoms with van der Waals surface area (Å²) in [5.74, 6) is 0.0871. The van der Waals surface area contributed by atoms with Gasteiger partial charge in [0.25, 0.3) is 0 Å². The Kier molecular flexibility index (Phi) is 3.73. The monoisotopic (exact) mass is 271 g/mol. The quantitative estimate of drug-likeness (QED) is 0.880. The standard InChI is InChI=1S/C14H17N5O/c20-14(11-18-7-2-5-17-18)19-8-6-16-10-13(19)12-3-1-4-15-9-12/h1-5,7,9,13,16H,6,8,10-11H2. The van der Waals surface area contributed by atoms with Crippen molar-refractivity contribution in [3.63, 3.8) is 0 Å². The van der Waals surface area contributed by atoms with Crippen molar-refractivity contribution in [2.24, 2.45) is 0 Å². The molecule has 1 N–H and O–H groups in total. The van der Waals surface area contributed by atoms with Crippen molar-refractivity contribution in [3.8, 4) is 0 Å². The highest BCUT2D eigenvalue weighted by Gasteiger charge is 2.27. The fourth-order valence-corrected chi connectivity index (χ4v) is 2.50. The molecular weight excluding hydrogens is 254 g/mol. The summed E-state index contributed by atoms with van der Waals surface area (Å²) in [5, 5.41) is 7.42. The van der Waals surface area contributed by atoms with Gasteiger partial charge in [-0.2, -0.15) is 5.10 Å². The van der Waals surface area contributed by atoms with E-state index >= 15 is 0 Å². The van der Waals surface area contributed by atoms with E-state index in [0.717, 1.165) is 18.7 Å². The molecule has 104 valence electrons. The summed E-state index contributed by atoms with van der Waals surface area (Å²) in [6.07, 6.45) is 7.06. The van der Waals surface area contributed by atoms with Crippen molar-refractivity contribution in [2.75, 3.05) is 19.6 Å². The van der Waals surface area contributed by atoms with Crippen LogP contribution in [0.15, 0.2) is 43.0 Å². The van der Waals surface area contributed by atoms with Crippen molar-refractivity contribution >= 4 is 5.91 Å². The lowest BCUT2D eigenvalue weighted by molar-refractivity contribution is -0.135. The Bertz CT molecular complexity index is 554. The average Bonchev–Trinajstić information content (AvgIpc) is 3.01. The molecule has 1 aliphatic rings. The molecule has 1 amide bonds. The van der Waals surface area contributed by atoms with Crippen LogP contribution in [0.1, 0.15) is 11.6 Å². The summed E-state index contributed by atoms with van der Waals surface area (Å²) in [4.78, 5) is 18.5. The number of nitrogens with zero attached hydrogens (tertiary/aromatic N) is 4. The molecule has 1 aliphatic heterocycles. The average molecular weight is 271 g/mol. The van der Waals surface area contributed by atoms with Crippen molar-refractivity contribution < 1.29 is 4.79 Å². The van der Waals surface area contributed by atoms with E-state index in [2.05, 4.69) is 15.4 Å². The lowest BCUT2D eigenvalue weighted by Gasteiger charge is -2.36. The number of pyridine rings is 1. The second-order valence-corrected chi connectivity index (χ2v) is 4.80. The molecular formula is C14H17N5O. The molecule has 2 aromatic heterocycles. The Labute approximate surface area is 117 Å². The first kappa shape index (κ1) is 12.8. The molecule has 20 heavy (non-hydrogen) atoms. The van der Waals surface area contributed by atoms with Gasteiger partial charge in [-0.1, -0.05) is 6.07 Å². The number of rotatable bonds is 3. The molecule has 0 saturated carbocycles. The number of carbonyl (C=O) groups is 1. The van der Waals surface area contributed by atoms with Crippen molar-refractivity contribution in [1.29, 1.82) is 0 Å². The number of hydrogen-bond donors (Lipinski definition) is 1. The maximum Gasteiger partial charge on any atom is 0.244 e. The molecule has 1 atom stereocenters. The number of piperazine rings is 1. The van der Waals surface area contributed by atoms with Crippen LogP contribution in [0, 0.1) is 0 Å². The van der Waals surface area contributed by atoms with Crippen LogP contribution < -0.4 is 5.32 Å². The first-order chi connectivity index (χ1) is 9.84. The topological polar surface area (TPSA) is 63.1 Å². The Morgan fingerprint density at radius 3 is 3.10 bits per heavy atom. The summed E-state index contributed by atoms with van der Waals surface area (Å²) in [6, 6.07) is 5.78. The zero-order valence-corrected chi connectivity index (χ0v) is 11.1. The summed E-state index contributed by atoms with van der Waals surface area (Å²) < 4.78 is 1.66. The minimum absolute atomic E-state index is 0.0421. The first-order valence-corrected chi connectivity index (χ1v) is 6.72. The lowest BCUT2D eigenvalue weighted by atomic mass is 10.1. The van der Waals surface area contributed by atoms with Gasteiger partial charge in [0.2, 0.25) is 5.91 Å². The van der Waals surface area contributed by atoms with Crippen LogP contribution in [-0.2, 0) is 11.3 Å². The van der Waals surface area contributed by atoms with E-state index in [1.807, 2.05) is 29.3 Å². The number of aromatic nitrogens is 3. The predicted octanol–water partition coefficient (Wildman–Crippen LogP) is 0.451. The van der Waals surface area contributed by atoms with E-state index in [9.17, 15) is 4.79 Å². The molecule has 6 nitrogen and oxygen atoms in total. The van der Waals surface area contributed by atoms with Gasteiger partial charge < -0.3 is 10.2 Å². The van der Waals surface area contributed by atoms with Crippen LogP contribution in [0.5, 0.6) is 0 Å². The van der Waals surface area contributed by atoms with Gasteiger partial charge in [0.05, 0.1) is 6.04 Å². The molecule has 1 saturated heterocycles. The normalized spacial score (nSPS) is 19.0. The second kappa shape index (κ2) is 5.83. The number of nitrogens with one attached hydrogen (secondary N) is 1. The fraction of sp³-hybridized carbons (Fsp3) is 0.357. The van der Waals surface area contributed by atoms with Crippen molar-refractivity contribution in [1.82, 2.24) is 25.0 Å². The van der Waals surface area contributed by atoms with Crippen LogP contribution in [0.2, 0.25) is 0 Å². The first-order valence-electron chi connectivity index (χ1n) is 6.72. The van der Waals surface area contributed by atoms with E-state index in [0.29, 0.717) is 6.54 Å². The molecule has 0 radical (unpaired) electrons. The maximum absolute atomic E-state index is 12.5. The van der Waals surface area contributed by atoms with Gasteiger partial charge in [0.15, 0.2) is 0 Å². The van der Waals surface area contributed by atoms with E-state index < -0.39 is 0 Å².